The van der Waals surface area contributed by atoms with Crippen LogP contribution >= 0.6 is 0 Å². The summed E-state index contributed by atoms with van der Waals surface area (Å²) in [5, 5.41) is 0. The minimum atomic E-state index is -0.407. The van der Waals surface area contributed by atoms with Gasteiger partial charge in [-0.3, -0.25) is 0 Å². The predicted molar refractivity (Wildman–Crippen MR) is 72.7 cm³/mol. The van der Waals surface area contributed by atoms with Gasteiger partial charge in [-0.1, -0.05) is 0 Å². The van der Waals surface area contributed by atoms with Crippen LogP contribution in [0, 0.1) is 13.8 Å². The first-order chi connectivity index (χ1) is 9.09. The standard InChI is InChI=1S/C15H19NO3/c1-10-8-12(15(16-9-17)6-5-7-15)11(2)14(19-4)13(10)18-3/h8H,5-7H2,1-4H3. The van der Waals surface area contributed by atoms with Crippen LogP contribution in [-0.2, 0) is 10.3 Å². The maximum atomic E-state index is 10.7. The van der Waals surface area contributed by atoms with Gasteiger partial charge < -0.3 is 9.47 Å². The van der Waals surface area contributed by atoms with E-state index in [-0.39, 0.29) is 0 Å². The summed E-state index contributed by atoms with van der Waals surface area (Å²) in [4.78, 5) is 14.8. The average molecular weight is 261 g/mol. The summed E-state index contributed by atoms with van der Waals surface area (Å²) < 4.78 is 10.9. The lowest BCUT2D eigenvalue weighted by atomic mass is 9.70. The van der Waals surface area contributed by atoms with Gasteiger partial charge in [0.15, 0.2) is 11.5 Å². The lowest BCUT2D eigenvalue weighted by Gasteiger charge is -2.38. The number of aryl methyl sites for hydroxylation is 1. The molecule has 1 saturated carbocycles. The second-order valence-electron chi connectivity index (χ2n) is 5.02. The Kier molecular flexibility index (Phi) is 3.63. The predicted octanol–water partition coefficient (Wildman–Crippen LogP) is 3.04. The second-order valence-corrected chi connectivity index (χ2v) is 5.02. The number of rotatable bonds is 4. The first-order valence-electron chi connectivity index (χ1n) is 6.41. The number of nitrogens with zero attached hydrogens (tertiary/aromatic N) is 1. The van der Waals surface area contributed by atoms with E-state index in [1.807, 2.05) is 13.8 Å². The largest absolute Gasteiger partial charge is 0.493 e. The minimum Gasteiger partial charge on any atom is -0.493 e. The topological polar surface area (TPSA) is 47.9 Å². The van der Waals surface area contributed by atoms with Crippen molar-refractivity contribution in [3.05, 3.63) is 22.8 Å². The van der Waals surface area contributed by atoms with Crippen LogP contribution in [0.2, 0.25) is 0 Å². The SMILES string of the molecule is COc1c(C)cc(C2(N=C=O)CCC2)c(C)c1OC. The molecular weight excluding hydrogens is 242 g/mol. The first-order valence-corrected chi connectivity index (χ1v) is 6.41. The maximum absolute atomic E-state index is 10.7. The summed E-state index contributed by atoms with van der Waals surface area (Å²) in [5.41, 5.74) is 2.63. The summed E-state index contributed by atoms with van der Waals surface area (Å²) in [6, 6.07) is 2.05. The molecule has 0 amide bonds. The Labute approximate surface area is 113 Å². The van der Waals surface area contributed by atoms with Crippen molar-refractivity contribution >= 4 is 6.08 Å². The summed E-state index contributed by atoms with van der Waals surface area (Å²) in [6.07, 6.45) is 4.58. The van der Waals surface area contributed by atoms with Gasteiger partial charge in [-0.05, 0) is 50.3 Å². The summed E-state index contributed by atoms with van der Waals surface area (Å²) >= 11 is 0. The monoisotopic (exact) mass is 261 g/mol. The van der Waals surface area contributed by atoms with Gasteiger partial charge in [-0.15, -0.1) is 0 Å². The third kappa shape index (κ3) is 2.02. The molecule has 0 radical (unpaired) electrons. The zero-order valence-corrected chi connectivity index (χ0v) is 11.9. The highest BCUT2D eigenvalue weighted by atomic mass is 16.5. The molecule has 1 aromatic rings. The van der Waals surface area contributed by atoms with E-state index in [9.17, 15) is 4.79 Å². The lowest BCUT2D eigenvalue weighted by Crippen LogP contribution is -2.33. The van der Waals surface area contributed by atoms with E-state index < -0.39 is 5.54 Å². The molecular formula is C15H19NO3. The normalized spacial score (nSPS) is 16.2. The van der Waals surface area contributed by atoms with Gasteiger partial charge in [0.1, 0.15) is 0 Å². The number of hydrogen-bond acceptors (Lipinski definition) is 4. The fourth-order valence-electron chi connectivity index (χ4n) is 2.89. The molecule has 0 bridgehead atoms. The van der Waals surface area contributed by atoms with E-state index in [1.165, 1.54) is 0 Å². The van der Waals surface area contributed by atoms with Crippen LogP contribution in [0.15, 0.2) is 11.1 Å². The van der Waals surface area contributed by atoms with E-state index >= 15 is 0 Å². The number of aliphatic imine (C=N–C) groups is 1. The number of benzene rings is 1. The van der Waals surface area contributed by atoms with E-state index in [0.717, 1.165) is 47.5 Å². The molecule has 0 aliphatic heterocycles. The van der Waals surface area contributed by atoms with Crippen molar-refractivity contribution in [2.24, 2.45) is 4.99 Å². The van der Waals surface area contributed by atoms with Crippen molar-refractivity contribution < 1.29 is 14.3 Å². The Balaban J connectivity index is 2.65. The summed E-state index contributed by atoms with van der Waals surface area (Å²) in [7, 11) is 3.26. The molecule has 0 N–H and O–H groups in total. The van der Waals surface area contributed by atoms with Gasteiger partial charge in [0.2, 0.25) is 6.08 Å². The van der Waals surface area contributed by atoms with Crippen LogP contribution in [0.5, 0.6) is 11.5 Å². The molecule has 1 aliphatic rings. The Bertz CT molecular complexity index is 541. The zero-order valence-electron chi connectivity index (χ0n) is 11.9. The van der Waals surface area contributed by atoms with Gasteiger partial charge in [0.05, 0.1) is 19.8 Å². The van der Waals surface area contributed by atoms with Gasteiger partial charge in [0, 0.05) is 5.56 Å². The molecule has 0 saturated heterocycles. The Morgan fingerprint density at radius 3 is 2.26 bits per heavy atom. The van der Waals surface area contributed by atoms with E-state index in [0.29, 0.717) is 0 Å². The number of ether oxygens (including phenoxy) is 2. The van der Waals surface area contributed by atoms with Crippen LogP contribution in [0.25, 0.3) is 0 Å². The van der Waals surface area contributed by atoms with Crippen LogP contribution in [0.3, 0.4) is 0 Å². The molecule has 4 heteroatoms. The highest BCUT2D eigenvalue weighted by Gasteiger charge is 2.41. The van der Waals surface area contributed by atoms with E-state index in [2.05, 4.69) is 11.1 Å². The summed E-state index contributed by atoms with van der Waals surface area (Å²) in [5.74, 6) is 1.47. The molecule has 1 aromatic carbocycles. The van der Waals surface area contributed by atoms with Crippen molar-refractivity contribution in [3.8, 4) is 11.5 Å². The van der Waals surface area contributed by atoms with Crippen molar-refractivity contribution in [1.82, 2.24) is 0 Å². The maximum Gasteiger partial charge on any atom is 0.235 e. The van der Waals surface area contributed by atoms with E-state index in [1.54, 1.807) is 20.3 Å². The van der Waals surface area contributed by atoms with Crippen LogP contribution in [-0.4, -0.2) is 20.3 Å². The number of methoxy groups -OCH3 is 2. The Hall–Kier alpha value is -1.80. The minimum absolute atomic E-state index is 0.407. The Morgan fingerprint density at radius 1 is 1.21 bits per heavy atom. The van der Waals surface area contributed by atoms with Crippen LogP contribution in [0.4, 0.5) is 0 Å². The van der Waals surface area contributed by atoms with Crippen molar-refractivity contribution in [1.29, 1.82) is 0 Å². The molecule has 2 rings (SSSR count). The molecule has 0 unspecified atom stereocenters. The first kappa shape index (κ1) is 13.6. The van der Waals surface area contributed by atoms with Crippen molar-refractivity contribution in [2.45, 2.75) is 38.6 Å². The number of isocyanates is 1. The highest BCUT2D eigenvalue weighted by Crippen LogP contribution is 2.49. The molecule has 1 fully saturated rings. The fourth-order valence-corrected chi connectivity index (χ4v) is 2.89. The summed E-state index contributed by atoms with van der Waals surface area (Å²) in [6.45, 7) is 3.96. The van der Waals surface area contributed by atoms with Gasteiger partial charge in [-0.2, -0.15) is 4.99 Å². The third-order valence-corrected chi connectivity index (χ3v) is 4.02. The van der Waals surface area contributed by atoms with Gasteiger partial charge >= 0.3 is 0 Å². The lowest BCUT2D eigenvalue weighted by molar-refractivity contribution is 0.252. The number of carbonyl (C=O) groups excluding carboxylic acids is 1. The van der Waals surface area contributed by atoms with Crippen LogP contribution < -0.4 is 9.47 Å². The fraction of sp³-hybridized carbons (Fsp3) is 0.533. The average Bonchev–Trinajstić information content (AvgIpc) is 2.36. The quantitative estimate of drug-likeness (QED) is 0.618. The molecule has 0 spiro atoms. The molecule has 102 valence electrons. The van der Waals surface area contributed by atoms with Crippen molar-refractivity contribution in [2.75, 3.05) is 14.2 Å². The van der Waals surface area contributed by atoms with Crippen molar-refractivity contribution in [3.63, 3.8) is 0 Å². The molecule has 4 nitrogen and oxygen atoms in total. The highest BCUT2D eigenvalue weighted by molar-refractivity contribution is 5.57. The van der Waals surface area contributed by atoms with Gasteiger partial charge in [0.25, 0.3) is 0 Å². The van der Waals surface area contributed by atoms with Gasteiger partial charge in [-0.25, -0.2) is 4.79 Å². The Morgan fingerprint density at radius 2 is 1.84 bits per heavy atom. The number of hydrogen-bond donors (Lipinski definition) is 0. The molecule has 0 atom stereocenters. The van der Waals surface area contributed by atoms with Crippen LogP contribution in [0.1, 0.15) is 36.0 Å². The molecule has 0 heterocycles. The second kappa shape index (κ2) is 5.06. The third-order valence-electron chi connectivity index (χ3n) is 4.02. The molecule has 1 aliphatic carbocycles. The zero-order chi connectivity index (χ0) is 14.0. The smallest absolute Gasteiger partial charge is 0.235 e. The van der Waals surface area contributed by atoms with E-state index in [4.69, 9.17) is 9.47 Å². The molecule has 19 heavy (non-hydrogen) atoms. The molecule has 0 aromatic heterocycles.